The largest absolute Gasteiger partial charge is 0.467 e. The molecule has 0 aliphatic carbocycles. The second kappa shape index (κ2) is 6.69. The summed E-state index contributed by atoms with van der Waals surface area (Å²) in [6, 6.07) is 2.32. The third kappa shape index (κ3) is 2.94. The molecule has 1 aliphatic heterocycles. The second-order valence-corrected chi connectivity index (χ2v) is 5.59. The van der Waals surface area contributed by atoms with Crippen LogP contribution >= 0.6 is 0 Å². The van der Waals surface area contributed by atoms with E-state index in [9.17, 15) is 9.59 Å². The Morgan fingerprint density at radius 2 is 2.33 bits per heavy atom. The highest BCUT2D eigenvalue weighted by Gasteiger charge is 2.35. The van der Waals surface area contributed by atoms with Crippen LogP contribution in [-0.4, -0.2) is 51.5 Å². The van der Waals surface area contributed by atoms with Crippen LogP contribution in [0.25, 0.3) is 0 Å². The second-order valence-electron chi connectivity index (χ2n) is 5.59. The fourth-order valence-electron chi connectivity index (χ4n) is 2.87. The summed E-state index contributed by atoms with van der Waals surface area (Å²) in [5.41, 5.74) is 2.68. The smallest absolute Gasteiger partial charge is 0.328 e. The van der Waals surface area contributed by atoms with E-state index in [0.29, 0.717) is 13.0 Å². The topological polar surface area (TPSA) is 100 Å². The number of rotatable bonds is 3. The van der Waals surface area contributed by atoms with Crippen LogP contribution in [0, 0.1) is 0 Å². The van der Waals surface area contributed by atoms with Crippen LogP contribution in [0.3, 0.4) is 0 Å². The molecule has 2 N–H and O–H groups in total. The molecule has 0 saturated carbocycles. The Balaban J connectivity index is 1.89. The summed E-state index contributed by atoms with van der Waals surface area (Å²) in [6.07, 6.45) is 5.71. The molecular weight excluding hydrogens is 310 g/mol. The lowest BCUT2D eigenvalue weighted by atomic mass is 9.97. The summed E-state index contributed by atoms with van der Waals surface area (Å²) < 4.78 is 4.66. The molecule has 3 heterocycles. The number of urea groups is 1. The minimum Gasteiger partial charge on any atom is -0.467 e. The zero-order valence-corrected chi connectivity index (χ0v) is 13.5. The van der Waals surface area contributed by atoms with Gasteiger partial charge in [0, 0.05) is 31.1 Å². The number of aromatic amines is 1. The van der Waals surface area contributed by atoms with Crippen molar-refractivity contribution in [2.45, 2.75) is 25.4 Å². The quantitative estimate of drug-likeness (QED) is 0.819. The van der Waals surface area contributed by atoms with Crippen molar-refractivity contribution in [3.8, 4) is 0 Å². The highest BCUT2D eigenvalue weighted by atomic mass is 16.5. The first-order chi connectivity index (χ1) is 11.6. The van der Waals surface area contributed by atoms with Crippen LogP contribution < -0.4 is 5.32 Å². The number of hydrogen-bond donors (Lipinski definition) is 2. The number of fused-ring (bicyclic) bond motifs is 1. The van der Waals surface area contributed by atoms with Crippen molar-refractivity contribution >= 4 is 12.0 Å². The van der Waals surface area contributed by atoms with Gasteiger partial charge in [0.25, 0.3) is 0 Å². The zero-order valence-electron chi connectivity index (χ0n) is 13.5. The number of carbonyl (C=O) groups excluding carboxylic acids is 2. The van der Waals surface area contributed by atoms with E-state index in [1.54, 1.807) is 30.5 Å². The number of methoxy groups -OCH3 is 1. The Morgan fingerprint density at radius 3 is 3.04 bits per heavy atom. The molecule has 2 aromatic heterocycles. The van der Waals surface area contributed by atoms with Crippen LogP contribution in [0.5, 0.6) is 0 Å². The van der Waals surface area contributed by atoms with Gasteiger partial charge in [-0.3, -0.25) is 4.98 Å². The van der Waals surface area contributed by atoms with Crippen LogP contribution in [0.2, 0.25) is 0 Å². The predicted molar refractivity (Wildman–Crippen MR) is 85.1 cm³/mol. The normalized spacial score (nSPS) is 17.8. The number of pyridine rings is 1. The van der Waals surface area contributed by atoms with Gasteiger partial charge in [-0.2, -0.15) is 0 Å². The highest BCUT2D eigenvalue weighted by Crippen LogP contribution is 2.32. The van der Waals surface area contributed by atoms with E-state index in [1.165, 1.54) is 7.11 Å². The van der Waals surface area contributed by atoms with Crippen LogP contribution in [0.4, 0.5) is 4.79 Å². The number of H-pyrrole nitrogens is 1. The maximum atomic E-state index is 12.7. The molecule has 0 unspecified atom stereocenters. The van der Waals surface area contributed by atoms with Crippen LogP contribution in [-0.2, 0) is 16.0 Å². The Bertz CT molecular complexity index is 730. The van der Waals surface area contributed by atoms with Gasteiger partial charge in [-0.15, -0.1) is 0 Å². The Kier molecular flexibility index (Phi) is 4.45. The van der Waals surface area contributed by atoms with Crippen molar-refractivity contribution in [1.82, 2.24) is 25.2 Å². The number of esters is 1. The number of aromatic nitrogens is 3. The number of amides is 2. The number of ether oxygens (including phenoxy) is 1. The summed E-state index contributed by atoms with van der Waals surface area (Å²) in [5.74, 6) is -0.487. The van der Waals surface area contributed by atoms with E-state index < -0.39 is 12.0 Å². The van der Waals surface area contributed by atoms with Crippen molar-refractivity contribution in [3.05, 3.63) is 47.8 Å². The summed E-state index contributed by atoms with van der Waals surface area (Å²) >= 11 is 0. The standard InChI is InChI=1S/C16H19N5O3/c1-10(15(22)24-2)20-16(23)21-7-5-12-13(19-9-18-12)14(21)11-4-3-6-17-8-11/h3-4,6,8-10,14H,5,7H2,1-2H3,(H,18,19)(H,20,23)/t10-,14-/m1/s1. The van der Waals surface area contributed by atoms with Gasteiger partial charge in [0.2, 0.25) is 0 Å². The number of carbonyl (C=O) groups is 2. The van der Waals surface area contributed by atoms with Gasteiger partial charge in [-0.1, -0.05) is 6.07 Å². The number of nitrogens with zero attached hydrogens (tertiary/aromatic N) is 3. The average molecular weight is 329 g/mol. The minimum absolute atomic E-state index is 0.338. The van der Waals surface area contributed by atoms with E-state index in [4.69, 9.17) is 0 Å². The molecule has 1 aliphatic rings. The maximum absolute atomic E-state index is 12.7. The van der Waals surface area contributed by atoms with E-state index in [1.807, 2.05) is 12.1 Å². The molecule has 24 heavy (non-hydrogen) atoms. The van der Waals surface area contributed by atoms with Crippen molar-refractivity contribution in [2.24, 2.45) is 0 Å². The molecule has 0 fully saturated rings. The lowest BCUT2D eigenvalue weighted by Gasteiger charge is -2.35. The number of imidazole rings is 1. The van der Waals surface area contributed by atoms with Gasteiger partial charge in [-0.25, -0.2) is 14.6 Å². The molecule has 126 valence electrons. The average Bonchev–Trinajstić information content (AvgIpc) is 3.09. The Hall–Kier alpha value is -2.90. The Labute approximate surface area is 139 Å². The van der Waals surface area contributed by atoms with Gasteiger partial charge in [-0.05, 0) is 18.6 Å². The molecule has 8 nitrogen and oxygen atoms in total. The molecule has 2 amide bonds. The molecular formula is C16H19N5O3. The lowest BCUT2D eigenvalue weighted by Crippen LogP contribution is -2.50. The fourth-order valence-corrected chi connectivity index (χ4v) is 2.87. The molecule has 2 aromatic rings. The van der Waals surface area contributed by atoms with Crippen molar-refractivity contribution in [2.75, 3.05) is 13.7 Å². The van der Waals surface area contributed by atoms with E-state index in [0.717, 1.165) is 17.0 Å². The van der Waals surface area contributed by atoms with Gasteiger partial charge < -0.3 is 19.9 Å². The summed E-state index contributed by atoms with van der Waals surface area (Å²) in [6.45, 7) is 2.10. The SMILES string of the molecule is COC(=O)[C@@H](C)NC(=O)N1CCc2[nH]cnc2[C@H]1c1cccnc1. The van der Waals surface area contributed by atoms with Crippen molar-refractivity contribution < 1.29 is 14.3 Å². The van der Waals surface area contributed by atoms with Gasteiger partial charge in [0.1, 0.15) is 12.1 Å². The first-order valence-electron chi connectivity index (χ1n) is 7.69. The van der Waals surface area contributed by atoms with Gasteiger partial charge in [0.05, 0.1) is 19.1 Å². The summed E-state index contributed by atoms with van der Waals surface area (Å²) in [4.78, 5) is 37.6. The first-order valence-corrected chi connectivity index (χ1v) is 7.69. The molecule has 8 heteroatoms. The molecule has 0 bridgehead atoms. The van der Waals surface area contributed by atoms with Crippen molar-refractivity contribution in [1.29, 1.82) is 0 Å². The van der Waals surface area contributed by atoms with Crippen molar-refractivity contribution in [3.63, 3.8) is 0 Å². The Morgan fingerprint density at radius 1 is 1.50 bits per heavy atom. The highest BCUT2D eigenvalue weighted by molar-refractivity contribution is 5.83. The van der Waals surface area contributed by atoms with Crippen LogP contribution in [0.15, 0.2) is 30.9 Å². The monoisotopic (exact) mass is 329 g/mol. The summed E-state index contributed by atoms with van der Waals surface area (Å²) in [7, 11) is 1.29. The maximum Gasteiger partial charge on any atom is 0.328 e. The molecule has 0 radical (unpaired) electrons. The van der Waals surface area contributed by atoms with E-state index >= 15 is 0 Å². The first kappa shape index (κ1) is 16.0. The van der Waals surface area contributed by atoms with Crippen LogP contribution in [0.1, 0.15) is 29.9 Å². The lowest BCUT2D eigenvalue weighted by molar-refractivity contribution is -0.142. The number of nitrogens with one attached hydrogen (secondary N) is 2. The molecule has 0 aromatic carbocycles. The fraction of sp³-hybridized carbons (Fsp3) is 0.375. The zero-order chi connectivity index (χ0) is 17.1. The molecule has 2 atom stereocenters. The predicted octanol–water partition coefficient (Wildman–Crippen LogP) is 1.02. The molecule has 0 spiro atoms. The van der Waals surface area contributed by atoms with E-state index in [2.05, 4.69) is 25.0 Å². The van der Waals surface area contributed by atoms with Gasteiger partial charge in [0.15, 0.2) is 0 Å². The molecule has 0 saturated heterocycles. The molecule has 3 rings (SSSR count). The van der Waals surface area contributed by atoms with Gasteiger partial charge >= 0.3 is 12.0 Å². The summed E-state index contributed by atoms with van der Waals surface area (Å²) in [5, 5.41) is 2.68. The minimum atomic E-state index is -0.724. The third-order valence-electron chi connectivity index (χ3n) is 4.08. The third-order valence-corrected chi connectivity index (χ3v) is 4.08. The van der Waals surface area contributed by atoms with E-state index in [-0.39, 0.29) is 12.1 Å². The number of hydrogen-bond acceptors (Lipinski definition) is 5.